The summed E-state index contributed by atoms with van der Waals surface area (Å²) in [5.41, 5.74) is 5.80. The second-order valence-electron chi connectivity index (χ2n) is 7.25. The Morgan fingerprint density at radius 2 is 1.96 bits per heavy atom. The van der Waals surface area contributed by atoms with Crippen molar-refractivity contribution in [3.05, 3.63) is 0 Å². The lowest BCUT2D eigenvalue weighted by Gasteiger charge is -2.36. The van der Waals surface area contributed by atoms with Crippen LogP contribution in [0.15, 0.2) is 0 Å². The molecule has 0 spiro atoms. The first-order valence-corrected chi connectivity index (χ1v) is 9.08. The predicted molar refractivity (Wildman–Crippen MR) is 92.4 cm³/mol. The molecular weight excluding hydrogens is 308 g/mol. The van der Waals surface area contributed by atoms with Crippen LogP contribution in [-0.4, -0.2) is 80.1 Å². The quantitative estimate of drug-likeness (QED) is 0.690. The van der Waals surface area contributed by atoms with E-state index < -0.39 is 6.04 Å². The van der Waals surface area contributed by atoms with Crippen molar-refractivity contribution < 1.29 is 14.3 Å². The third kappa shape index (κ3) is 5.72. The topological polar surface area (TPSA) is 87.9 Å². The number of morpholine rings is 1. The van der Waals surface area contributed by atoms with Crippen molar-refractivity contribution >= 4 is 11.8 Å². The lowest BCUT2D eigenvalue weighted by Crippen LogP contribution is -2.50. The van der Waals surface area contributed by atoms with Gasteiger partial charge in [0.15, 0.2) is 0 Å². The van der Waals surface area contributed by atoms with Crippen LogP contribution in [-0.2, 0) is 14.3 Å². The SMILES string of the molecule is CC(C)[C@H](N)C(=O)NCC(=O)N1CCCC(CN2CCOCC2)C1. The minimum absolute atomic E-state index is 0.00835. The van der Waals surface area contributed by atoms with Crippen LogP contribution < -0.4 is 11.1 Å². The number of carbonyl (C=O) groups is 2. The Balaban J connectivity index is 1.74. The first kappa shape index (κ1) is 19.1. The van der Waals surface area contributed by atoms with Crippen LogP contribution in [0.25, 0.3) is 0 Å². The number of carbonyl (C=O) groups excluding carboxylic acids is 2. The van der Waals surface area contributed by atoms with E-state index in [0.717, 1.165) is 58.8 Å². The number of ether oxygens (including phenoxy) is 1. The van der Waals surface area contributed by atoms with Crippen molar-refractivity contribution in [2.75, 3.05) is 52.5 Å². The molecule has 7 heteroatoms. The fraction of sp³-hybridized carbons (Fsp3) is 0.882. The van der Waals surface area contributed by atoms with Gasteiger partial charge in [-0.3, -0.25) is 14.5 Å². The van der Waals surface area contributed by atoms with Crippen LogP contribution in [0.3, 0.4) is 0 Å². The number of rotatable bonds is 6. The number of piperidine rings is 1. The normalized spacial score (nSPS) is 24.0. The lowest BCUT2D eigenvalue weighted by molar-refractivity contribution is -0.135. The molecule has 24 heavy (non-hydrogen) atoms. The van der Waals surface area contributed by atoms with E-state index in [9.17, 15) is 9.59 Å². The van der Waals surface area contributed by atoms with Gasteiger partial charge in [0.1, 0.15) is 0 Å². The second-order valence-corrected chi connectivity index (χ2v) is 7.25. The van der Waals surface area contributed by atoms with E-state index in [1.54, 1.807) is 0 Å². The molecule has 0 saturated carbocycles. The number of hydrogen-bond acceptors (Lipinski definition) is 5. The van der Waals surface area contributed by atoms with Gasteiger partial charge in [0.05, 0.1) is 25.8 Å². The average Bonchev–Trinajstić information content (AvgIpc) is 2.59. The molecule has 2 aliphatic heterocycles. The Kier molecular flexibility index (Phi) is 7.45. The van der Waals surface area contributed by atoms with E-state index in [4.69, 9.17) is 10.5 Å². The maximum absolute atomic E-state index is 12.4. The molecule has 2 saturated heterocycles. The van der Waals surface area contributed by atoms with Crippen LogP contribution in [0.4, 0.5) is 0 Å². The number of hydrogen-bond donors (Lipinski definition) is 2. The van der Waals surface area contributed by atoms with Crippen LogP contribution in [0.2, 0.25) is 0 Å². The zero-order valence-electron chi connectivity index (χ0n) is 15.0. The predicted octanol–water partition coefficient (Wildman–Crippen LogP) is -0.343. The summed E-state index contributed by atoms with van der Waals surface area (Å²) in [4.78, 5) is 28.5. The third-order valence-electron chi connectivity index (χ3n) is 4.93. The molecule has 2 amide bonds. The molecule has 0 bridgehead atoms. The van der Waals surface area contributed by atoms with E-state index in [0.29, 0.717) is 5.92 Å². The van der Waals surface area contributed by atoms with Crippen molar-refractivity contribution in [3.63, 3.8) is 0 Å². The Hall–Kier alpha value is -1.18. The van der Waals surface area contributed by atoms with Crippen molar-refractivity contribution in [2.24, 2.45) is 17.6 Å². The molecule has 0 aliphatic carbocycles. The van der Waals surface area contributed by atoms with E-state index in [2.05, 4.69) is 10.2 Å². The zero-order chi connectivity index (χ0) is 17.5. The monoisotopic (exact) mass is 340 g/mol. The summed E-state index contributed by atoms with van der Waals surface area (Å²) in [5.74, 6) is 0.314. The Bertz CT molecular complexity index is 424. The maximum atomic E-state index is 12.4. The first-order chi connectivity index (χ1) is 11.5. The highest BCUT2D eigenvalue weighted by Gasteiger charge is 2.26. The molecule has 0 aromatic heterocycles. The van der Waals surface area contributed by atoms with Crippen LogP contribution in [0, 0.1) is 11.8 Å². The van der Waals surface area contributed by atoms with Crippen LogP contribution >= 0.6 is 0 Å². The zero-order valence-corrected chi connectivity index (χ0v) is 15.0. The molecule has 2 aliphatic rings. The summed E-state index contributed by atoms with van der Waals surface area (Å²) >= 11 is 0. The van der Waals surface area contributed by atoms with Crippen LogP contribution in [0.5, 0.6) is 0 Å². The third-order valence-corrected chi connectivity index (χ3v) is 4.93. The van der Waals surface area contributed by atoms with Crippen molar-refractivity contribution in [1.82, 2.24) is 15.1 Å². The Morgan fingerprint density at radius 3 is 2.62 bits per heavy atom. The summed E-state index contributed by atoms with van der Waals surface area (Å²) in [7, 11) is 0. The summed E-state index contributed by atoms with van der Waals surface area (Å²) < 4.78 is 5.38. The summed E-state index contributed by atoms with van der Waals surface area (Å²) in [5, 5.41) is 2.67. The number of likely N-dealkylation sites (tertiary alicyclic amines) is 1. The minimum atomic E-state index is -0.562. The largest absolute Gasteiger partial charge is 0.379 e. The Morgan fingerprint density at radius 1 is 1.25 bits per heavy atom. The van der Waals surface area contributed by atoms with Gasteiger partial charge in [-0.15, -0.1) is 0 Å². The molecule has 2 rings (SSSR count). The highest BCUT2D eigenvalue weighted by Crippen LogP contribution is 2.18. The number of nitrogens with one attached hydrogen (secondary N) is 1. The van der Waals surface area contributed by atoms with Gasteiger partial charge in [0.25, 0.3) is 0 Å². The van der Waals surface area contributed by atoms with E-state index in [1.165, 1.54) is 0 Å². The smallest absolute Gasteiger partial charge is 0.241 e. The van der Waals surface area contributed by atoms with Gasteiger partial charge in [-0.2, -0.15) is 0 Å². The van der Waals surface area contributed by atoms with E-state index in [1.807, 2.05) is 18.7 Å². The van der Waals surface area contributed by atoms with Crippen molar-refractivity contribution in [3.8, 4) is 0 Å². The highest BCUT2D eigenvalue weighted by molar-refractivity contribution is 5.87. The molecule has 3 N–H and O–H groups in total. The van der Waals surface area contributed by atoms with Gasteiger partial charge in [0, 0.05) is 32.7 Å². The van der Waals surface area contributed by atoms with Gasteiger partial charge in [-0.1, -0.05) is 13.8 Å². The highest BCUT2D eigenvalue weighted by atomic mass is 16.5. The van der Waals surface area contributed by atoms with Crippen LogP contribution in [0.1, 0.15) is 26.7 Å². The van der Waals surface area contributed by atoms with Gasteiger partial charge in [-0.25, -0.2) is 0 Å². The van der Waals surface area contributed by atoms with Gasteiger partial charge >= 0.3 is 0 Å². The van der Waals surface area contributed by atoms with Gasteiger partial charge < -0.3 is 20.7 Å². The molecule has 2 heterocycles. The molecule has 138 valence electrons. The Labute approximate surface area is 144 Å². The maximum Gasteiger partial charge on any atom is 0.241 e. The van der Waals surface area contributed by atoms with Gasteiger partial charge in [0.2, 0.25) is 11.8 Å². The van der Waals surface area contributed by atoms with Gasteiger partial charge in [-0.05, 0) is 24.7 Å². The van der Waals surface area contributed by atoms with E-state index >= 15 is 0 Å². The molecule has 2 fully saturated rings. The van der Waals surface area contributed by atoms with Crippen molar-refractivity contribution in [2.45, 2.75) is 32.7 Å². The molecule has 1 unspecified atom stereocenters. The lowest BCUT2D eigenvalue weighted by atomic mass is 9.97. The minimum Gasteiger partial charge on any atom is -0.379 e. The molecule has 0 aromatic rings. The first-order valence-electron chi connectivity index (χ1n) is 9.08. The summed E-state index contributed by atoms with van der Waals surface area (Å²) in [6.45, 7) is 9.99. The fourth-order valence-electron chi connectivity index (χ4n) is 3.28. The second kappa shape index (κ2) is 9.34. The molecule has 0 radical (unpaired) electrons. The molecular formula is C17H32N4O3. The van der Waals surface area contributed by atoms with Crippen molar-refractivity contribution in [1.29, 1.82) is 0 Å². The number of nitrogens with two attached hydrogens (primary N) is 1. The summed E-state index contributed by atoms with van der Waals surface area (Å²) in [6.07, 6.45) is 2.19. The molecule has 0 aromatic carbocycles. The number of nitrogens with zero attached hydrogens (tertiary/aromatic N) is 2. The average molecular weight is 340 g/mol. The summed E-state index contributed by atoms with van der Waals surface area (Å²) in [6, 6.07) is -0.562. The molecule has 2 atom stereocenters. The fourth-order valence-corrected chi connectivity index (χ4v) is 3.28. The molecule has 7 nitrogen and oxygen atoms in total. The van der Waals surface area contributed by atoms with E-state index in [-0.39, 0.29) is 24.3 Å². The number of amides is 2. The standard InChI is InChI=1S/C17H32N4O3/c1-13(2)16(18)17(23)19-10-15(22)21-5-3-4-14(12-21)11-20-6-8-24-9-7-20/h13-14,16H,3-12,18H2,1-2H3,(H,19,23)/t14?,16-/m0/s1.